The lowest BCUT2D eigenvalue weighted by atomic mass is 10.1. The number of terminal acetylenes is 1. The number of phenols is 1. The van der Waals surface area contributed by atoms with Crippen molar-refractivity contribution >= 4 is 23.4 Å². The largest absolute Gasteiger partial charge is 0.507 e. The van der Waals surface area contributed by atoms with Gasteiger partial charge in [-0.2, -0.15) is 0 Å². The van der Waals surface area contributed by atoms with Gasteiger partial charge in [0.2, 0.25) is 5.82 Å². The lowest BCUT2D eigenvalue weighted by molar-refractivity contribution is 0.0535. The SMILES string of the molecule is C#C[C@@H]1CCN(c2cc(-c3ccccc3O)nnc2N)CCN1c1ccnc(C#CCNC(=O)OC(C)(C)C)n1. The van der Waals surface area contributed by atoms with Gasteiger partial charge in [-0.1, -0.05) is 24.0 Å². The van der Waals surface area contributed by atoms with Gasteiger partial charge in [-0.05, 0) is 57.4 Å². The van der Waals surface area contributed by atoms with E-state index in [0.717, 1.165) is 5.69 Å². The molecule has 40 heavy (non-hydrogen) atoms. The number of para-hydroxylation sites is 1. The Morgan fingerprint density at radius 3 is 2.77 bits per heavy atom. The highest BCUT2D eigenvalue weighted by Gasteiger charge is 2.26. The van der Waals surface area contributed by atoms with Crippen LogP contribution in [0.15, 0.2) is 42.6 Å². The molecule has 4 N–H and O–H groups in total. The second-order valence-electron chi connectivity index (χ2n) is 10.1. The number of hydrogen-bond acceptors (Lipinski definition) is 10. The molecule has 1 aromatic carbocycles. The molecule has 0 spiro atoms. The molecule has 1 fully saturated rings. The molecule has 11 nitrogen and oxygen atoms in total. The Labute approximate surface area is 233 Å². The number of amides is 1. The van der Waals surface area contributed by atoms with E-state index in [-0.39, 0.29) is 18.3 Å². The van der Waals surface area contributed by atoms with E-state index in [1.165, 1.54) is 0 Å². The van der Waals surface area contributed by atoms with Crippen LogP contribution in [0.5, 0.6) is 5.75 Å². The third-order valence-electron chi connectivity index (χ3n) is 6.03. The first-order valence-electron chi connectivity index (χ1n) is 12.8. The number of anilines is 3. The second kappa shape index (κ2) is 12.2. The fraction of sp³-hybridized carbons (Fsp3) is 0.345. The molecule has 4 rings (SSSR count). The summed E-state index contributed by atoms with van der Waals surface area (Å²) >= 11 is 0. The zero-order chi connectivity index (χ0) is 28.7. The van der Waals surface area contributed by atoms with E-state index in [9.17, 15) is 9.90 Å². The van der Waals surface area contributed by atoms with E-state index >= 15 is 0 Å². The Balaban J connectivity index is 1.48. The minimum atomic E-state index is -0.585. The van der Waals surface area contributed by atoms with Gasteiger partial charge in [-0.25, -0.2) is 14.8 Å². The lowest BCUT2D eigenvalue weighted by Gasteiger charge is -2.27. The number of nitrogens with one attached hydrogen (secondary N) is 1. The van der Waals surface area contributed by atoms with Crippen molar-refractivity contribution in [1.29, 1.82) is 0 Å². The van der Waals surface area contributed by atoms with Crippen LogP contribution < -0.4 is 20.9 Å². The quantitative estimate of drug-likeness (QED) is 0.423. The standard InChI is InChI=1S/C29H32N8O3/c1-5-20-13-16-36(23-19-22(34-35-27(23)30)21-9-6-7-10-24(21)38)17-18-37(20)26-12-15-31-25(33-26)11-8-14-32-28(39)40-29(2,3)4/h1,6-7,9-10,12,15,19-20,38H,13-14,16-18H2,2-4H3,(H2,30,35)(H,32,39)/t20-/m1/s1. The first-order valence-corrected chi connectivity index (χ1v) is 12.8. The molecule has 0 saturated carbocycles. The Hall–Kier alpha value is -5.03. The molecule has 11 heteroatoms. The van der Waals surface area contributed by atoms with E-state index < -0.39 is 11.7 Å². The Bertz CT molecular complexity index is 1470. The highest BCUT2D eigenvalue weighted by molar-refractivity contribution is 5.74. The second-order valence-corrected chi connectivity index (χ2v) is 10.1. The third-order valence-corrected chi connectivity index (χ3v) is 6.03. The highest BCUT2D eigenvalue weighted by Crippen LogP contribution is 2.32. The summed E-state index contributed by atoms with van der Waals surface area (Å²) in [5.41, 5.74) is 7.46. The number of alkyl carbamates (subject to hydrolysis) is 1. The molecule has 206 valence electrons. The van der Waals surface area contributed by atoms with Crippen LogP contribution in [0, 0.1) is 24.2 Å². The summed E-state index contributed by atoms with van der Waals surface area (Å²) in [6, 6.07) is 10.4. The van der Waals surface area contributed by atoms with E-state index in [1.54, 1.807) is 51.2 Å². The number of nitrogens with two attached hydrogens (primary N) is 1. The lowest BCUT2D eigenvalue weighted by Crippen LogP contribution is -2.36. The molecule has 3 aromatic rings. The summed E-state index contributed by atoms with van der Waals surface area (Å²) in [7, 11) is 0. The average molecular weight is 541 g/mol. The summed E-state index contributed by atoms with van der Waals surface area (Å²) in [6.45, 7) is 7.26. The van der Waals surface area contributed by atoms with Crippen molar-refractivity contribution in [3.63, 3.8) is 0 Å². The molecule has 0 radical (unpaired) electrons. The number of phenolic OH excluding ortho intramolecular Hbond substituents is 1. The predicted octanol–water partition coefficient (Wildman–Crippen LogP) is 2.82. The molecule has 1 saturated heterocycles. The average Bonchev–Trinajstić information content (AvgIpc) is 3.14. The van der Waals surface area contributed by atoms with Gasteiger partial charge in [0.05, 0.1) is 24.0 Å². The maximum Gasteiger partial charge on any atom is 0.408 e. The topological polar surface area (TPSA) is 143 Å². The van der Waals surface area contributed by atoms with Crippen LogP contribution in [0.2, 0.25) is 0 Å². The number of aromatic hydroxyl groups is 1. The molecule has 0 aliphatic carbocycles. The number of benzene rings is 1. The monoisotopic (exact) mass is 540 g/mol. The summed E-state index contributed by atoms with van der Waals surface area (Å²) in [4.78, 5) is 24.8. The van der Waals surface area contributed by atoms with Crippen molar-refractivity contribution in [2.75, 3.05) is 41.7 Å². The molecule has 0 bridgehead atoms. The minimum Gasteiger partial charge on any atom is -0.507 e. The van der Waals surface area contributed by atoms with Crippen LogP contribution in [0.25, 0.3) is 11.3 Å². The molecule has 1 aliphatic heterocycles. The van der Waals surface area contributed by atoms with Gasteiger partial charge >= 0.3 is 6.09 Å². The normalized spacial score (nSPS) is 15.3. The van der Waals surface area contributed by atoms with Crippen LogP contribution in [0.3, 0.4) is 0 Å². The Morgan fingerprint density at radius 1 is 1.23 bits per heavy atom. The van der Waals surface area contributed by atoms with Gasteiger partial charge in [0.25, 0.3) is 0 Å². The van der Waals surface area contributed by atoms with E-state index in [1.807, 2.05) is 17.0 Å². The number of aromatic nitrogens is 4. The molecule has 2 aromatic heterocycles. The van der Waals surface area contributed by atoms with Crippen LogP contribution in [0.1, 0.15) is 33.0 Å². The Kier molecular flexibility index (Phi) is 8.55. The molecule has 0 unspecified atom stereocenters. The molecule has 1 amide bonds. The van der Waals surface area contributed by atoms with Gasteiger partial charge in [-0.15, -0.1) is 16.6 Å². The molecular weight excluding hydrogens is 508 g/mol. The summed E-state index contributed by atoms with van der Waals surface area (Å²) in [6.07, 6.45) is 7.67. The van der Waals surface area contributed by atoms with Crippen LogP contribution >= 0.6 is 0 Å². The van der Waals surface area contributed by atoms with Gasteiger partial charge < -0.3 is 30.7 Å². The number of carbonyl (C=O) groups is 1. The van der Waals surface area contributed by atoms with Crippen molar-refractivity contribution in [2.24, 2.45) is 0 Å². The van der Waals surface area contributed by atoms with E-state index in [4.69, 9.17) is 16.9 Å². The maximum absolute atomic E-state index is 11.8. The minimum absolute atomic E-state index is 0.0955. The predicted molar refractivity (Wildman–Crippen MR) is 153 cm³/mol. The fourth-order valence-corrected chi connectivity index (χ4v) is 4.21. The number of hydrogen-bond donors (Lipinski definition) is 3. The molecule has 1 atom stereocenters. The number of carbonyl (C=O) groups excluding carboxylic acids is 1. The summed E-state index contributed by atoms with van der Waals surface area (Å²) in [5, 5.41) is 21.2. The number of nitrogen functional groups attached to an aromatic ring is 1. The van der Waals surface area contributed by atoms with Crippen LogP contribution in [0.4, 0.5) is 22.1 Å². The Morgan fingerprint density at radius 2 is 2.02 bits per heavy atom. The summed E-state index contributed by atoms with van der Waals surface area (Å²) < 4.78 is 5.20. The van der Waals surface area contributed by atoms with E-state index in [2.05, 4.69) is 48.1 Å². The number of ether oxygens (including phenoxy) is 1. The first-order chi connectivity index (χ1) is 19.1. The first kappa shape index (κ1) is 28.0. The van der Waals surface area contributed by atoms with Gasteiger partial charge in [0.15, 0.2) is 5.82 Å². The van der Waals surface area contributed by atoms with E-state index in [0.29, 0.717) is 54.8 Å². The van der Waals surface area contributed by atoms with Crippen LogP contribution in [-0.2, 0) is 4.74 Å². The zero-order valence-electron chi connectivity index (χ0n) is 22.8. The molecule has 1 aliphatic rings. The van der Waals surface area contributed by atoms with Crippen LogP contribution in [-0.4, -0.2) is 69.2 Å². The third kappa shape index (κ3) is 7.08. The van der Waals surface area contributed by atoms with Gasteiger partial charge in [0, 0.05) is 31.4 Å². The van der Waals surface area contributed by atoms with Crippen molar-refractivity contribution < 1.29 is 14.6 Å². The van der Waals surface area contributed by atoms with Gasteiger partial charge in [-0.3, -0.25) is 0 Å². The molecule has 3 heterocycles. The fourth-order valence-electron chi connectivity index (χ4n) is 4.21. The zero-order valence-corrected chi connectivity index (χ0v) is 22.8. The maximum atomic E-state index is 11.8. The van der Waals surface area contributed by atoms with Crippen molar-refractivity contribution in [2.45, 2.75) is 38.8 Å². The van der Waals surface area contributed by atoms with Crippen molar-refractivity contribution in [3.8, 4) is 41.2 Å². The smallest absolute Gasteiger partial charge is 0.408 e. The highest BCUT2D eigenvalue weighted by atomic mass is 16.6. The number of rotatable bonds is 4. The molecular formula is C29H32N8O3. The van der Waals surface area contributed by atoms with Gasteiger partial charge in [0.1, 0.15) is 17.2 Å². The number of nitrogens with zero attached hydrogens (tertiary/aromatic N) is 6. The van der Waals surface area contributed by atoms with Crippen molar-refractivity contribution in [1.82, 2.24) is 25.5 Å². The summed E-state index contributed by atoms with van der Waals surface area (Å²) in [5.74, 6) is 9.98. The van der Waals surface area contributed by atoms with Crippen molar-refractivity contribution in [3.05, 3.63) is 48.4 Å².